The van der Waals surface area contributed by atoms with Crippen molar-refractivity contribution in [2.75, 3.05) is 24.4 Å². The molecule has 7 nitrogen and oxygen atoms in total. The average molecular weight is 464 g/mol. The highest BCUT2D eigenvalue weighted by molar-refractivity contribution is 7.92. The van der Waals surface area contributed by atoms with Crippen LogP contribution >= 0.6 is 11.6 Å². The van der Waals surface area contributed by atoms with Gasteiger partial charge in [0.2, 0.25) is 5.91 Å². The average Bonchev–Trinajstić information content (AvgIpc) is 2.77. The molecule has 1 saturated heterocycles. The van der Waals surface area contributed by atoms with Crippen LogP contribution in [-0.2, 0) is 14.8 Å². The molecule has 3 rings (SSSR count). The van der Waals surface area contributed by atoms with Gasteiger partial charge in [0.25, 0.3) is 15.9 Å². The van der Waals surface area contributed by atoms with Gasteiger partial charge in [0.1, 0.15) is 0 Å². The van der Waals surface area contributed by atoms with Crippen LogP contribution in [0, 0.1) is 5.92 Å². The first kappa shape index (κ1) is 23.1. The summed E-state index contributed by atoms with van der Waals surface area (Å²) >= 11 is 5.82. The van der Waals surface area contributed by atoms with E-state index in [1.165, 1.54) is 30.3 Å². The fraction of sp³-hybridized carbons (Fsp3) is 0.364. The smallest absolute Gasteiger partial charge is 0.261 e. The molecule has 0 bridgehead atoms. The van der Waals surface area contributed by atoms with Gasteiger partial charge in [-0.15, -0.1) is 0 Å². The fourth-order valence-electron chi connectivity index (χ4n) is 3.49. The molecule has 166 valence electrons. The number of carbonyl (C=O) groups excluding carboxylic acids is 2. The van der Waals surface area contributed by atoms with Crippen LogP contribution in [0.1, 0.15) is 36.5 Å². The summed E-state index contributed by atoms with van der Waals surface area (Å²) in [6.45, 7) is 3.54. The zero-order chi connectivity index (χ0) is 22.4. The predicted molar refractivity (Wildman–Crippen MR) is 121 cm³/mol. The minimum Gasteiger partial charge on any atom is -0.356 e. The molecule has 1 aliphatic heterocycles. The van der Waals surface area contributed by atoms with Gasteiger partial charge in [0, 0.05) is 35.9 Å². The number of halogens is 1. The maximum Gasteiger partial charge on any atom is 0.261 e. The maximum atomic E-state index is 13.0. The summed E-state index contributed by atoms with van der Waals surface area (Å²) in [4.78, 5) is 27.0. The Morgan fingerprint density at radius 1 is 1.16 bits per heavy atom. The number of benzene rings is 2. The Morgan fingerprint density at radius 3 is 2.61 bits per heavy atom. The molecule has 0 unspecified atom stereocenters. The zero-order valence-corrected chi connectivity index (χ0v) is 18.9. The second-order valence-electron chi connectivity index (χ2n) is 7.52. The quantitative estimate of drug-likeness (QED) is 0.656. The van der Waals surface area contributed by atoms with E-state index in [9.17, 15) is 18.0 Å². The molecule has 2 aromatic rings. The van der Waals surface area contributed by atoms with Crippen molar-refractivity contribution in [2.24, 2.45) is 5.92 Å². The van der Waals surface area contributed by atoms with E-state index >= 15 is 0 Å². The standard InChI is InChI=1S/C22H26ClN3O4S/c1-2-12-24-21(27)17-6-4-13-26(15-17)22(28)16-5-3-7-19(14-16)25-31(29,30)20-10-8-18(23)9-11-20/h3,5,7-11,14,17,25H,2,4,6,12-13,15H2,1H3,(H,24,27)/t17-/m0/s1. The molecule has 0 saturated carbocycles. The molecular formula is C22H26ClN3O4S. The van der Waals surface area contributed by atoms with E-state index in [0.29, 0.717) is 30.2 Å². The molecular weight excluding hydrogens is 438 g/mol. The molecule has 31 heavy (non-hydrogen) atoms. The van der Waals surface area contributed by atoms with Crippen molar-refractivity contribution in [3.8, 4) is 0 Å². The lowest BCUT2D eigenvalue weighted by atomic mass is 9.96. The summed E-state index contributed by atoms with van der Waals surface area (Å²) < 4.78 is 27.7. The highest BCUT2D eigenvalue weighted by Crippen LogP contribution is 2.22. The van der Waals surface area contributed by atoms with E-state index < -0.39 is 10.0 Å². The van der Waals surface area contributed by atoms with Crippen LogP contribution in [0.4, 0.5) is 5.69 Å². The number of nitrogens with one attached hydrogen (secondary N) is 2. The molecule has 1 heterocycles. The van der Waals surface area contributed by atoms with Crippen LogP contribution in [0.3, 0.4) is 0 Å². The number of hydrogen-bond donors (Lipinski definition) is 2. The number of sulfonamides is 1. The second-order valence-corrected chi connectivity index (χ2v) is 9.64. The molecule has 1 atom stereocenters. The maximum absolute atomic E-state index is 13.0. The van der Waals surface area contributed by atoms with Crippen molar-refractivity contribution in [3.05, 3.63) is 59.1 Å². The molecule has 0 spiro atoms. The summed E-state index contributed by atoms with van der Waals surface area (Å²) in [6.07, 6.45) is 2.36. The second kappa shape index (κ2) is 10.2. The summed E-state index contributed by atoms with van der Waals surface area (Å²) in [5.74, 6) is -0.472. The number of rotatable bonds is 7. The normalized spacial score (nSPS) is 16.6. The fourth-order valence-corrected chi connectivity index (χ4v) is 4.67. The zero-order valence-electron chi connectivity index (χ0n) is 17.3. The molecule has 2 amide bonds. The SMILES string of the molecule is CCCNC(=O)[C@H]1CCCN(C(=O)c2cccc(NS(=O)(=O)c3ccc(Cl)cc3)c2)C1. The van der Waals surface area contributed by atoms with Crippen LogP contribution in [-0.4, -0.2) is 44.8 Å². The van der Waals surface area contributed by atoms with E-state index in [-0.39, 0.29) is 28.3 Å². The summed E-state index contributed by atoms with van der Waals surface area (Å²) in [6, 6.07) is 12.2. The number of nitrogens with zero attached hydrogens (tertiary/aromatic N) is 1. The van der Waals surface area contributed by atoms with Crippen molar-refractivity contribution in [2.45, 2.75) is 31.1 Å². The van der Waals surface area contributed by atoms with Crippen molar-refractivity contribution >= 4 is 39.1 Å². The molecule has 0 radical (unpaired) electrons. The van der Waals surface area contributed by atoms with Gasteiger partial charge < -0.3 is 10.2 Å². The molecule has 2 N–H and O–H groups in total. The molecule has 0 aromatic heterocycles. The number of anilines is 1. The molecule has 1 aliphatic rings. The largest absolute Gasteiger partial charge is 0.356 e. The third-order valence-corrected chi connectivity index (χ3v) is 6.76. The van der Waals surface area contributed by atoms with Crippen LogP contribution in [0.15, 0.2) is 53.4 Å². The van der Waals surface area contributed by atoms with Gasteiger partial charge in [-0.3, -0.25) is 14.3 Å². The van der Waals surface area contributed by atoms with Gasteiger partial charge in [-0.25, -0.2) is 8.42 Å². The van der Waals surface area contributed by atoms with E-state index in [1.807, 2.05) is 6.92 Å². The van der Waals surface area contributed by atoms with E-state index in [1.54, 1.807) is 23.1 Å². The first-order chi connectivity index (χ1) is 14.8. The van der Waals surface area contributed by atoms with Gasteiger partial charge in [0.05, 0.1) is 10.8 Å². The van der Waals surface area contributed by atoms with Crippen molar-refractivity contribution < 1.29 is 18.0 Å². The Morgan fingerprint density at radius 2 is 1.90 bits per heavy atom. The Bertz CT molecular complexity index is 1040. The predicted octanol–water partition coefficient (Wildman–Crippen LogP) is 3.52. The lowest BCUT2D eigenvalue weighted by molar-refractivity contribution is -0.126. The molecule has 0 aliphatic carbocycles. The molecule has 9 heteroatoms. The van der Waals surface area contributed by atoms with Crippen molar-refractivity contribution in [1.29, 1.82) is 0 Å². The molecule has 1 fully saturated rings. The lowest BCUT2D eigenvalue weighted by Crippen LogP contribution is -2.45. The third-order valence-electron chi connectivity index (χ3n) is 5.11. The number of piperidine rings is 1. The highest BCUT2D eigenvalue weighted by atomic mass is 35.5. The van der Waals surface area contributed by atoms with Crippen molar-refractivity contribution in [1.82, 2.24) is 10.2 Å². The summed E-state index contributed by atoms with van der Waals surface area (Å²) in [5.41, 5.74) is 0.654. The topological polar surface area (TPSA) is 95.6 Å². The number of amides is 2. The number of likely N-dealkylation sites (tertiary alicyclic amines) is 1. The Labute approximate surface area is 187 Å². The summed E-state index contributed by atoms with van der Waals surface area (Å²) in [5, 5.41) is 3.33. The first-order valence-corrected chi connectivity index (χ1v) is 12.1. The van der Waals surface area contributed by atoms with Crippen LogP contribution in [0.5, 0.6) is 0 Å². The van der Waals surface area contributed by atoms with E-state index in [2.05, 4.69) is 10.0 Å². The highest BCUT2D eigenvalue weighted by Gasteiger charge is 2.29. The minimum atomic E-state index is -3.81. The Hall–Kier alpha value is -2.58. The van der Waals surface area contributed by atoms with E-state index in [4.69, 9.17) is 11.6 Å². The van der Waals surface area contributed by atoms with Crippen LogP contribution < -0.4 is 10.0 Å². The lowest BCUT2D eigenvalue weighted by Gasteiger charge is -2.32. The van der Waals surface area contributed by atoms with Gasteiger partial charge in [-0.2, -0.15) is 0 Å². The van der Waals surface area contributed by atoms with Gasteiger partial charge in [-0.1, -0.05) is 24.6 Å². The van der Waals surface area contributed by atoms with Crippen molar-refractivity contribution in [3.63, 3.8) is 0 Å². The third kappa shape index (κ3) is 5.98. The minimum absolute atomic E-state index is 0.0242. The number of carbonyl (C=O) groups is 2. The van der Waals surface area contributed by atoms with Gasteiger partial charge in [-0.05, 0) is 61.7 Å². The summed E-state index contributed by atoms with van der Waals surface area (Å²) in [7, 11) is -3.81. The molecule has 2 aromatic carbocycles. The Kier molecular flexibility index (Phi) is 7.56. The van der Waals surface area contributed by atoms with Crippen LogP contribution in [0.25, 0.3) is 0 Å². The van der Waals surface area contributed by atoms with Crippen LogP contribution in [0.2, 0.25) is 5.02 Å². The number of hydrogen-bond acceptors (Lipinski definition) is 4. The Balaban J connectivity index is 1.71. The van der Waals surface area contributed by atoms with E-state index in [0.717, 1.165) is 19.3 Å². The first-order valence-electron chi connectivity index (χ1n) is 10.3. The van der Waals surface area contributed by atoms with Gasteiger partial charge in [0.15, 0.2) is 0 Å². The monoisotopic (exact) mass is 463 g/mol. The van der Waals surface area contributed by atoms with Gasteiger partial charge >= 0.3 is 0 Å².